The lowest BCUT2D eigenvalue weighted by atomic mass is 9.88. The van der Waals surface area contributed by atoms with E-state index in [1.54, 1.807) is 0 Å². The van der Waals surface area contributed by atoms with Gasteiger partial charge < -0.3 is 0 Å². The van der Waals surface area contributed by atoms with Crippen LogP contribution in [0.3, 0.4) is 0 Å². The first-order valence-electron chi connectivity index (χ1n) is 11.4. The molecule has 0 spiro atoms. The summed E-state index contributed by atoms with van der Waals surface area (Å²) >= 11 is 0. The summed E-state index contributed by atoms with van der Waals surface area (Å²) in [5.41, 5.74) is 7.91. The van der Waals surface area contributed by atoms with Crippen LogP contribution in [0.25, 0.3) is 10.8 Å². The fraction of sp³-hybridized carbons (Fsp3) is 0.393. The summed E-state index contributed by atoms with van der Waals surface area (Å²) in [5, 5.41) is 2.20. The highest BCUT2D eigenvalue weighted by Crippen LogP contribution is 2.48. The topological polar surface area (TPSA) is 12.4 Å². The molecule has 1 saturated carbocycles. The molecule has 0 amide bonds. The van der Waals surface area contributed by atoms with Crippen LogP contribution in [0.1, 0.15) is 92.5 Å². The third kappa shape index (κ3) is 3.48. The van der Waals surface area contributed by atoms with Crippen molar-refractivity contribution in [3.63, 3.8) is 0 Å². The molecule has 31 heavy (non-hydrogen) atoms. The Hall–Kier alpha value is -2.55. The van der Waals surface area contributed by atoms with Gasteiger partial charge in [0.15, 0.2) is 0 Å². The Bertz CT molecular complexity index is 1180. The number of aliphatic imine (C=N–C) groups is 1. The number of rotatable bonds is 4. The number of alkyl halides is 2. The first kappa shape index (κ1) is 20.4. The van der Waals surface area contributed by atoms with Crippen molar-refractivity contribution in [2.75, 3.05) is 0 Å². The molecule has 2 aliphatic rings. The molecule has 160 valence electrons. The highest BCUT2D eigenvalue weighted by Gasteiger charge is 2.40. The van der Waals surface area contributed by atoms with Crippen molar-refractivity contribution in [1.29, 1.82) is 0 Å². The maximum atomic E-state index is 13.9. The molecule has 0 bridgehead atoms. The quantitative estimate of drug-likeness (QED) is 0.316. The van der Waals surface area contributed by atoms with E-state index in [9.17, 15) is 8.78 Å². The monoisotopic (exact) mass is 417 g/mol. The van der Waals surface area contributed by atoms with Crippen LogP contribution in [0.15, 0.2) is 53.5 Å². The van der Waals surface area contributed by atoms with Gasteiger partial charge in [-0.15, -0.1) is 0 Å². The van der Waals surface area contributed by atoms with Gasteiger partial charge in [-0.3, -0.25) is 0 Å². The standard InChI is InChI=1S/C28H29F2N/c1-16(2)19-12-20(17(3)4)14-21(13-19)27-24-7-5-6-23-22(8-9-25(31-27)26(23)24)18-10-11-28(29,30)15-18/h5-9,12-14,16-18H,10-11,15H2,1-4H3. The third-order valence-electron chi connectivity index (χ3n) is 6.97. The van der Waals surface area contributed by atoms with E-state index in [1.165, 1.54) is 11.1 Å². The molecule has 1 unspecified atom stereocenters. The Morgan fingerprint density at radius 1 is 0.935 bits per heavy atom. The van der Waals surface area contributed by atoms with Crippen LogP contribution in [-0.4, -0.2) is 11.6 Å². The van der Waals surface area contributed by atoms with Gasteiger partial charge in [0, 0.05) is 29.4 Å². The Labute approximate surface area is 183 Å². The zero-order chi connectivity index (χ0) is 21.9. The summed E-state index contributed by atoms with van der Waals surface area (Å²) in [6.45, 7) is 8.88. The number of halogens is 2. The third-order valence-corrected chi connectivity index (χ3v) is 6.97. The molecule has 0 aromatic heterocycles. The van der Waals surface area contributed by atoms with Crippen LogP contribution in [0, 0.1) is 0 Å². The molecule has 0 radical (unpaired) electrons. The van der Waals surface area contributed by atoms with Gasteiger partial charge >= 0.3 is 0 Å². The van der Waals surface area contributed by atoms with E-state index in [1.807, 2.05) is 12.1 Å². The summed E-state index contributed by atoms with van der Waals surface area (Å²) in [6.07, 6.45) is 0.490. The predicted molar refractivity (Wildman–Crippen MR) is 125 cm³/mol. The number of hydrogen-bond donors (Lipinski definition) is 0. The van der Waals surface area contributed by atoms with Crippen molar-refractivity contribution >= 4 is 22.2 Å². The van der Waals surface area contributed by atoms with Gasteiger partial charge in [-0.05, 0) is 64.5 Å². The van der Waals surface area contributed by atoms with Crippen LogP contribution in [0.4, 0.5) is 14.5 Å². The van der Waals surface area contributed by atoms with Crippen molar-refractivity contribution < 1.29 is 8.78 Å². The van der Waals surface area contributed by atoms with Gasteiger partial charge in [0.1, 0.15) is 0 Å². The smallest absolute Gasteiger partial charge is 0.247 e. The Morgan fingerprint density at radius 2 is 1.65 bits per heavy atom. The van der Waals surface area contributed by atoms with Crippen molar-refractivity contribution in [1.82, 2.24) is 0 Å². The average molecular weight is 418 g/mol. The molecule has 0 saturated heterocycles. The predicted octanol–water partition coefficient (Wildman–Crippen LogP) is 8.47. The zero-order valence-electron chi connectivity index (χ0n) is 18.7. The minimum absolute atomic E-state index is 0.0116. The molecule has 3 heteroatoms. The van der Waals surface area contributed by atoms with Gasteiger partial charge in [-0.1, -0.05) is 58.0 Å². The van der Waals surface area contributed by atoms with Gasteiger partial charge in [0.05, 0.1) is 11.4 Å². The Kier molecular flexibility index (Phi) is 4.76. The lowest BCUT2D eigenvalue weighted by Crippen LogP contribution is -2.09. The Balaban J connectivity index is 1.64. The first-order chi connectivity index (χ1) is 14.7. The van der Waals surface area contributed by atoms with E-state index in [0.29, 0.717) is 18.3 Å². The molecule has 1 heterocycles. The highest BCUT2D eigenvalue weighted by molar-refractivity contribution is 6.26. The van der Waals surface area contributed by atoms with Crippen LogP contribution >= 0.6 is 0 Å². The van der Waals surface area contributed by atoms with E-state index in [-0.39, 0.29) is 18.8 Å². The molecule has 1 aliphatic heterocycles. The first-order valence-corrected chi connectivity index (χ1v) is 11.4. The molecule has 1 aliphatic carbocycles. The molecule has 1 atom stereocenters. The lowest BCUT2D eigenvalue weighted by molar-refractivity contribution is 0.00780. The molecular formula is C28H29F2N. The number of hydrogen-bond acceptors (Lipinski definition) is 1. The van der Waals surface area contributed by atoms with Crippen molar-refractivity contribution in [2.45, 2.75) is 70.6 Å². The molecule has 0 N–H and O–H groups in total. The SMILES string of the molecule is CC(C)c1cc(C2=Nc3ccc(C4CCC(F)(F)C4)c4cccc2c34)cc(C(C)C)c1. The number of nitrogens with zero attached hydrogens (tertiary/aromatic N) is 1. The number of benzene rings is 3. The lowest BCUT2D eigenvalue weighted by Gasteiger charge is -2.16. The summed E-state index contributed by atoms with van der Waals surface area (Å²) in [4.78, 5) is 5.03. The van der Waals surface area contributed by atoms with E-state index < -0.39 is 5.92 Å². The molecule has 5 rings (SSSR count). The minimum Gasteiger partial charge on any atom is -0.247 e. The molecule has 3 aromatic carbocycles. The zero-order valence-corrected chi connectivity index (χ0v) is 18.7. The van der Waals surface area contributed by atoms with E-state index in [0.717, 1.165) is 38.9 Å². The van der Waals surface area contributed by atoms with Gasteiger partial charge in [-0.25, -0.2) is 13.8 Å². The van der Waals surface area contributed by atoms with Crippen LogP contribution in [0.5, 0.6) is 0 Å². The summed E-state index contributed by atoms with van der Waals surface area (Å²) in [6, 6.07) is 17.1. The van der Waals surface area contributed by atoms with Crippen molar-refractivity contribution in [2.24, 2.45) is 4.99 Å². The van der Waals surface area contributed by atoms with Gasteiger partial charge in [0.25, 0.3) is 0 Å². The normalized spacial score (nSPS) is 19.6. The van der Waals surface area contributed by atoms with Crippen LogP contribution in [0.2, 0.25) is 0 Å². The highest BCUT2D eigenvalue weighted by atomic mass is 19.3. The summed E-state index contributed by atoms with van der Waals surface area (Å²) in [7, 11) is 0. The largest absolute Gasteiger partial charge is 0.248 e. The fourth-order valence-corrected chi connectivity index (χ4v) is 5.15. The fourth-order valence-electron chi connectivity index (χ4n) is 5.15. The molecule has 1 nitrogen and oxygen atoms in total. The molecular weight excluding hydrogens is 388 g/mol. The summed E-state index contributed by atoms with van der Waals surface area (Å²) in [5.74, 6) is -1.75. The molecule has 3 aromatic rings. The van der Waals surface area contributed by atoms with E-state index in [4.69, 9.17) is 4.99 Å². The van der Waals surface area contributed by atoms with Crippen molar-refractivity contribution in [3.05, 3.63) is 76.3 Å². The van der Waals surface area contributed by atoms with Crippen LogP contribution in [-0.2, 0) is 0 Å². The minimum atomic E-state index is -2.54. The van der Waals surface area contributed by atoms with Crippen LogP contribution < -0.4 is 0 Å². The maximum Gasteiger partial charge on any atom is 0.248 e. The summed E-state index contributed by atoms with van der Waals surface area (Å²) < 4.78 is 27.8. The second kappa shape index (κ2) is 7.25. The Morgan fingerprint density at radius 3 is 2.26 bits per heavy atom. The van der Waals surface area contributed by atoms with Gasteiger partial charge in [0.2, 0.25) is 5.92 Å². The second-order valence-corrected chi connectivity index (χ2v) is 9.86. The molecule has 1 fully saturated rings. The van der Waals surface area contributed by atoms with Gasteiger partial charge in [-0.2, -0.15) is 0 Å². The average Bonchev–Trinajstić information content (AvgIpc) is 3.29. The maximum absolute atomic E-state index is 13.9. The van der Waals surface area contributed by atoms with Crippen molar-refractivity contribution in [3.8, 4) is 0 Å². The van der Waals surface area contributed by atoms with E-state index >= 15 is 0 Å². The van der Waals surface area contributed by atoms with E-state index in [2.05, 4.69) is 64.1 Å². The second-order valence-electron chi connectivity index (χ2n) is 9.86.